The normalized spacial score (nSPS) is 15.0. The average molecular weight is 331 g/mol. The number of nitrogens with two attached hydrogens (primary N) is 1. The van der Waals surface area contributed by atoms with Crippen LogP contribution in [0.2, 0.25) is 5.02 Å². The number of ether oxygens (including phenoxy) is 1. The molecule has 2 aromatic carbocycles. The van der Waals surface area contributed by atoms with Crippen molar-refractivity contribution in [2.45, 2.75) is 18.9 Å². The van der Waals surface area contributed by atoms with Gasteiger partial charge < -0.3 is 15.8 Å². The van der Waals surface area contributed by atoms with Crippen LogP contribution in [0.3, 0.4) is 0 Å². The standard InChI is InChI=1S/C18H19ClN2O2/c19-14-2-1-3-16(10-14)23-15-8-6-13(7-9-15)18(22)21-17(11-20)12-4-5-12/h1-3,6-10,12,17H,4-5,11,20H2,(H,21,22). The van der Waals surface area contributed by atoms with Crippen LogP contribution in [-0.4, -0.2) is 18.5 Å². The highest BCUT2D eigenvalue weighted by Crippen LogP contribution is 2.32. The summed E-state index contributed by atoms with van der Waals surface area (Å²) < 4.78 is 5.71. The lowest BCUT2D eigenvalue weighted by Crippen LogP contribution is -2.41. The number of halogens is 1. The number of benzene rings is 2. The van der Waals surface area contributed by atoms with Gasteiger partial charge in [0.1, 0.15) is 11.5 Å². The fraction of sp³-hybridized carbons (Fsp3) is 0.278. The summed E-state index contributed by atoms with van der Waals surface area (Å²) in [5, 5.41) is 3.62. The van der Waals surface area contributed by atoms with Crippen LogP contribution >= 0.6 is 11.6 Å². The maximum Gasteiger partial charge on any atom is 0.251 e. The van der Waals surface area contributed by atoms with Gasteiger partial charge in [0.05, 0.1) is 0 Å². The molecular formula is C18H19ClN2O2. The highest BCUT2D eigenvalue weighted by molar-refractivity contribution is 6.30. The van der Waals surface area contributed by atoms with Gasteiger partial charge >= 0.3 is 0 Å². The number of carbonyl (C=O) groups is 1. The molecule has 1 atom stereocenters. The van der Waals surface area contributed by atoms with Gasteiger partial charge in [0.25, 0.3) is 5.91 Å². The number of hydrogen-bond donors (Lipinski definition) is 2. The first kappa shape index (κ1) is 15.8. The molecule has 0 bridgehead atoms. The summed E-state index contributed by atoms with van der Waals surface area (Å²) in [6.45, 7) is 0.479. The third-order valence-electron chi connectivity index (χ3n) is 3.91. The predicted octanol–water partition coefficient (Wildman–Crippen LogP) is 3.60. The Kier molecular flexibility index (Phi) is 4.84. The molecule has 1 amide bonds. The molecule has 0 aliphatic heterocycles. The van der Waals surface area contributed by atoms with Crippen molar-refractivity contribution in [2.24, 2.45) is 11.7 Å². The molecule has 23 heavy (non-hydrogen) atoms. The zero-order valence-corrected chi connectivity index (χ0v) is 13.4. The molecule has 1 saturated carbocycles. The summed E-state index contributed by atoms with van der Waals surface area (Å²) in [5.74, 6) is 1.75. The fourth-order valence-corrected chi connectivity index (χ4v) is 2.64. The number of carbonyl (C=O) groups excluding carboxylic acids is 1. The number of amides is 1. The second-order valence-corrected chi connectivity index (χ2v) is 6.17. The summed E-state index contributed by atoms with van der Waals surface area (Å²) >= 11 is 5.93. The number of rotatable bonds is 6. The second-order valence-electron chi connectivity index (χ2n) is 5.74. The monoisotopic (exact) mass is 330 g/mol. The van der Waals surface area contributed by atoms with E-state index in [4.69, 9.17) is 22.1 Å². The van der Waals surface area contributed by atoms with E-state index in [1.807, 2.05) is 12.1 Å². The van der Waals surface area contributed by atoms with Gasteiger partial charge in [0.15, 0.2) is 0 Å². The van der Waals surface area contributed by atoms with Crippen LogP contribution in [-0.2, 0) is 0 Å². The minimum atomic E-state index is -0.0957. The minimum absolute atomic E-state index is 0.0740. The molecule has 3 rings (SSSR count). The van der Waals surface area contributed by atoms with Crippen LogP contribution < -0.4 is 15.8 Å². The average Bonchev–Trinajstić information content (AvgIpc) is 3.38. The number of nitrogens with one attached hydrogen (secondary N) is 1. The van der Waals surface area contributed by atoms with Crippen LogP contribution in [0.5, 0.6) is 11.5 Å². The van der Waals surface area contributed by atoms with Crippen molar-refractivity contribution in [1.82, 2.24) is 5.32 Å². The highest BCUT2D eigenvalue weighted by Gasteiger charge is 2.31. The summed E-state index contributed by atoms with van der Waals surface area (Å²) in [7, 11) is 0. The van der Waals surface area contributed by atoms with E-state index in [9.17, 15) is 4.79 Å². The Labute approximate surface area is 140 Å². The molecule has 3 N–H and O–H groups in total. The molecule has 0 aromatic heterocycles. The second kappa shape index (κ2) is 7.02. The molecule has 2 aromatic rings. The Morgan fingerprint density at radius 1 is 1.22 bits per heavy atom. The molecule has 1 aliphatic rings. The maximum absolute atomic E-state index is 12.2. The van der Waals surface area contributed by atoms with E-state index >= 15 is 0 Å². The van der Waals surface area contributed by atoms with Crippen molar-refractivity contribution in [1.29, 1.82) is 0 Å². The van der Waals surface area contributed by atoms with E-state index in [1.165, 1.54) is 0 Å². The van der Waals surface area contributed by atoms with Crippen molar-refractivity contribution < 1.29 is 9.53 Å². The Morgan fingerprint density at radius 3 is 2.57 bits per heavy atom. The van der Waals surface area contributed by atoms with E-state index in [0.717, 1.165) is 12.8 Å². The van der Waals surface area contributed by atoms with Crippen LogP contribution in [0, 0.1) is 5.92 Å². The van der Waals surface area contributed by atoms with E-state index < -0.39 is 0 Å². The third-order valence-corrected chi connectivity index (χ3v) is 4.14. The Hall–Kier alpha value is -2.04. The van der Waals surface area contributed by atoms with Gasteiger partial charge in [-0.25, -0.2) is 0 Å². The van der Waals surface area contributed by atoms with Gasteiger partial charge in [-0.1, -0.05) is 17.7 Å². The van der Waals surface area contributed by atoms with E-state index in [2.05, 4.69) is 5.32 Å². The summed E-state index contributed by atoms with van der Waals surface area (Å²) in [4.78, 5) is 12.2. The highest BCUT2D eigenvalue weighted by atomic mass is 35.5. The molecule has 1 aliphatic carbocycles. The molecule has 120 valence electrons. The topological polar surface area (TPSA) is 64.3 Å². The predicted molar refractivity (Wildman–Crippen MR) is 91.0 cm³/mol. The first-order valence-corrected chi connectivity index (χ1v) is 8.08. The lowest BCUT2D eigenvalue weighted by molar-refractivity contribution is 0.0933. The molecule has 0 heterocycles. The van der Waals surface area contributed by atoms with Crippen LogP contribution in [0.4, 0.5) is 0 Å². The summed E-state index contributed by atoms with van der Waals surface area (Å²) in [5.41, 5.74) is 6.32. The lowest BCUT2D eigenvalue weighted by atomic mass is 10.1. The van der Waals surface area contributed by atoms with Gasteiger partial charge in [0, 0.05) is 23.2 Å². The van der Waals surface area contributed by atoms with E-state index in [-0.39, 0.29) is 11.9 Å². The minimum Gasteiger partial charge on any atom is -0.457 e. The zero-order chi connectivity index (χ0) is 16.2. The van der Waals surface area contributed by atoms with E-state index in [1.54, 1.807) is 36.4 Å². The van der Waals surface area contributed by atoms with Gasteiger partial charge in [0.2, 0.25) is 0 Å². The van der Waals surface area contributed by atoms with Gasteiger partial charge in [-0.2, -0.15) is 0 Å². The number of hydrogen-bond acceptors (Lipinski definition) is 3. The van der Waals surface area contributed by atoms with Crippen molar-refractivity contribution >= 4 is 17.5 Å². The Morgan fingerprint density at radius 2 is 1.96 bits per heavy atom. The summed E-state index contributed by atoms with van der Waals surface area (Å²) in [6.07, 6.45) is 2.29. The molecule has 0 spiro atoms. The molecule has 0 radical (unpaired) electrons. The zero-order valence-electron chi connectivity index (χ0n) is 12.7. The first-order chi connectivity index (χ1) is 11.2. The van der Waals surface area contributed by atoms with E-state index in [0.29, 0.717) is 34.5 Å². The van der Waals surface area contributed by atoms with Crippen LogP contribution in [0.25, 0.3) is 0 Å². The molecule has 1 fully saturated rings. The summed E-state index contributed by atoms with van der Waals surface area (Å²) in [6, 6.07) is 14.3. The smallest absolute Gasteiger partial charge is 0.251 e. The molecular weight excluding hydrogens is 312 g/mol. The van der Waals surface area contributed by atoms with Crippen molar-refractivity contribution in [3.8, 4) is 11.5 Å². The quantitative estimate of drug-likeness (QED) is 0.850. The van der Waals surface area contributed by atoms with Crippen LogP contribution in [0.15, 0.2) is 48.5 Å². The van der Waals surface area contributed by atoms with Crippen molar-refractivity contribution in [3.63, 3.8) is 0 Å². The lowest BCUT2D eigenvalue weighted by Gasteiger charge is -2.16. The first-order valence-electron chi connectivity index (χ1n) is 7.70. The van der Waals surface area contributed by atoms with Gasteiger partial charge in [-0.15, -0.1) is 0 Å². The largest absolute Gasteiger partial charge is 0.457 e. The maximum atomic E-state index is 12.2. The third kappa shape index (κ3) is 4.24. The molecule has 1 unspecified atom stereocenters. The SMILES string of the molecule is NCC(NC(=O)c1ccc(Oc2cccc(Cl)c2)cc1)C1CC1. The van der Waals surface area contributed by atoms with Gasteiger partial charge in [-0.3, -0.25) is 4.79 Å². The molecule has 5 heteroatoms. The van der Waals surface area contributed by atoms with Crippen molar-refractivity contribution in [2.75, 3.05) is 6.54 Å². The van der Waals surface area contributed by atoms with Crippen LogP contribution in [0.1, 0.15) is 23.2 Å². The molecule has 4 nitrogen and oxygen atoms in total. The van der Waals surface area contributed by atoms with Gasteiger partial charge in [-0.05, 0) is 61.2 Å². The molecule has 0 saturated heterocycles. The Balaban J connectivity index is 1.63. The van der Waals surface area contributed by atoms with Crippen molar-refractivity contribution in [3.05, 3.63) is 59.1 Å². The fourth-order valence-electron chi connectivity index (χ4n) is 2.46. The Bertz CT molecular complexity index is 684.